The second-order valence-corrected chi connectivity index (χ2v) is 5.45. The molecule has 18 heavy (non-hydrogen) atoms. The molecule has 3 rings (SSSR count). The van der Waals surface area contributed by atoms with E-state index in [9.17, 15) is 0 Å². The topological polar surface area (TPSA) is 67.2 Å². The summed E-state index contributed by atoms with van der Waals surface area (Å²) in [5, 5.41) is 7.71. The third kappa shape index (κ3) is 2.12. The number of piperidine rings is 1. The molecule has 1 aliphatic heterocycles. The molecule has 100 valence electrons. The van der Waals surface area contributed by atoms with Crippen molar-refractivity contribution in [2.75, 3.05) is 25.1 Å². The minimum Gasteiger partial charge on any atom is -0.381 e. The van der Waals surface area contributed by atoms with Gasteiger partial charge in [-0.2, -0.15) is 5.10 Å². The van der Waals surface area contributed by atoms with Crippen LogP contribution >= 0.6 is 0 Å². The smallest absolute Gasteiger partial charge is 0.154 e. The first-order valence-electron chi connectivity index (χ1n) is 6.87. The zero-order valence-electron chi connectivity index (χ0n) is 11.0. The van der Waals surface area contributed by atoms with E-state index >= 15 is 0 Å². The lowest BCUT2D eigenvalue weighted by atomic mass is 9.94. The summed E-state index contributed by atoms with van der Waals surface area (Å²) in [5.41, 5.74) is 8.69. The highest BCUT2D eigenvalue weighted by Crippen LogP contribution is 2.30. The Morgan fingerprint density at radius 1 is 1.44 bits per heavy atom. The summed E-state index contributed by atoms with van der Waals surface area (Å²) in [7, 11) is 1.80. The van der Waals surface area contributed by atoms with Gasteiger partial charge in [0, 0.05) is 43.9 Å². The lowest BCUT2D eigenvalue weighted by molar-refractivity contribution is 0.0909. The van der Waals surface area contributed by atoms with Crippen molar-refractivity contribution in [1.82, 2.24) is 10.2 Å². The molecule has 1 aromatic heterocycles. The van der Waals surface area contributed by atoms with Crippen LogP contribution in [-0.2, 0) is 17.6 Å². The molecule has 0 spiro atoms. The van der Waals surface area contributed by atoms with Crippen LogP contribution in [0.2, 0.25) is 0 Å². The molecule has 5 nitrogen and oxygen atoms in total. The molecule has 0 saturated carbocycles. The molecular weight excluding hydrogens is 228 g/mol. The van der Waals surface area contributed by atoms with Crippen molar-refractivity contribution in [2.24, 2.45) is 5.73 Å². The number of nitrogens with one attached hydrogen (secondary N) is 1. The Bertz CT molecular complexity index is 417. The number of methoxy groups -OCH3 is 1. The van der Waals surface area contributed by atoms with Crippen molar-refractivity contribution in [1.29, 1.82) is 0 Å². The lowest BCUT2D eigenvalue weighted by Gasteiger charge is -2.32. The minimum absolute atomic E-state index is 0.285. The van der Waals surface area contributed by atoms with E-state index in [0.717, 1.165) is 51.0 Å². The van der Waals surface area contributed by atoms with Crippen molar-refractivity contribution in [2.45, 2.75) is 44.2 Å². The average Bonchev–Trinajstić information content (AvgIpc) is 2.81. The summed E-state index contributed by atoms with van der Waals surface area (Å²) in [6.45, 7) is 2.00. The second kappa shape index (κ2) is 4.90. The van der Waals surface area contributed by atoms with E-state index in [-0.39, 0.29) is 6.04 Å². The maximum absolute atomic E-state index is 6.06. The van der Waals surface area contributed by atoms with Gasteiger partial charge in [0.2, 0.25) is 0 Å². The number of aryl methyl sites for hydroxylation is 1. The first kappa shape index (κ1) is 12.0. The van der Waals surface area contributed by atoms with Gasteiger partial charge < -0.3 is 15.4 Å². The normalized spacial score (nSPS) is 28.2. The lowest BCUT2D eigenvalue weighted by Crippen LogP contribution is -2.43. The molecule has 1 fully saturated rings. The van der Waals surface area contributed by atoms with Crippen molar-refractivity contribution in [3.63, 3.8) is 0 Å². The SMILES string of the molecule is COC1CCc2[nH]nc(N3CCCC(N)C3)c2C1. The fourth-order valence-corrected chi connectivity index (χ4v) is 3.11. The Labute approximate surface area is 108 Å². The summed E-state index contributed by atoms with van der Waals surface area (Å²) in [4.78, 5) is 2.33. The van der Waals surface area contributed by atoms with Crippen molar-refractivity contribution in [3.8, 4) is 0 Å². The number of hydrogen-bond donors (Lipinski definition) is 2. The van der Waals surface area contributed by atoms with Gasteiger partial charge in [-0.15, -0.1) is 0 Å². The highest BCUT2D eigenvalue weighted by molar-refractivity contribution is 5.51. The summed E-state index contributed by atoms with van der Waals surface area (Å²) in [6, 6.07) is 0.285. The predicted octanol–water partition coefficient (Wildman–Crippen LogP) is 0.841. The molecule has 1 aromatic rings. The fourth-order valence-electron chi connectivity index (χ4n) is 3.11. The van der Waals surface area contributed by atoms with Gasteiger partial charge in [0.05, 0.1) is 6.10 Å². The van der Waals surface area contributed by atoms with Gasteiger partial charge in [0.25, 0.3) is 0 Å². The van der Waals surface area contributed by atoms with Gasteiger partial charge in [0.15, 0.2) is 5.82 Å². The van der Waals surface area contributed by atoms with Crippen LogP contribution in [0.3, 0.4) is 0 Å². The van der Waals surface area contributed by atoms with Crippen molar-refractivity contribution < 1.29 is 4.74 Å². The Balaban J connectivity index is 1.83. The van der Waals surface area contributed by atoms with E-state index in [1.807, 2.05) is 0 Å². The highest BCUT2D eigenvalue weighted by atomic mass is 16.5. The van der Waals surface area contributed by atoms with Crippen LogP contribution in [-0.4, -0.2) is 42.5 Å². The molecule has 3 N–H and O–H groups in total. The van der Waals surface area contributed by atoms with Gasteiger partial charge in [-0.05, 0) is 25.7 Å². The number of aromatic nitrogens is 2. The van der Waals surface area contributed by atoms with E-state index in [2.05, 4.69) is 15.1 Å². The van der Waals surface area contributed by atoms with Gasteiger partial charge in [-0.1, -0.05) is 0 Å². The predicted molar refractivity (Wildman–Crippen MR) is 70.8 cm³/mol. The molecule has 2 aliphatic rings. The van der Waals surface area contributed by atoms with Crippen LogP contribution < -0.4 is 10.6 Å². The van der Waals surface area contributed by atoms with Crippen LogP contribution in [0.25, 0.3) is 0 Å². The number of H-pyrrole nitrogens is 1. The van der Waals surface area contributed by atoms with Crippen LogP contribution in [0.1, 0.15) is 30.5 Å². The number of ether oxygens (including phenoxy) is 1. The van der Waals surface area contributed by atoms with Gasteiger partial charge in [-0.3, -0.25) is 5.10 Å². The summed E-state index contributed by atoms with van der Waals surface area (Å²) < 4.78 is 5.50. The van der Waals surface area contributed by atoms with Crippen LogP contribution in [0.15, 0.2) is 0 Å². The quantitative estimate of drug-likeness (QED) is 0.816. The van der Waals surface area contributed by atoms with Crippen molar-refractivity contribution >= 4 is 5.82 Å². The molecule has 0 radical (unpaired) electrons. The van der Waals surface area contributed by atoms with Crippen LogP contribution in [0, 0.1) is 0 Å². The number of hydrogen-bond acceptors (Lipinski definition) is 4. The van der Waals surface area contributed by atoms with E-state index in [1.54, 1.807) is 7.11 Å². The molecule has 0 amide bonds. The zero-order valence-corrected chi connectivity index (χ0v) is 11.0. The monoisotopic (exact) mass is 250 g/mol. The van der Waals surface area contributed by atoms with E-state index in [4.69, 9.17) is 10.5 Å². The van der Waals surface area contributed by atoms with E-state index in [0.29, 0.717) is 6.10 Å². The third-order valence-electron chi connectivity index (χ3n) is 4.17. The fraction of sp³-hybridized carbons (Fsp3) is 0.769. The second-order valence-electron chi connectivity index (χ2n) is 5.45. The first-order chi connectivity index (χ1) is 8.78. The van der Waals surface area contributed by atoms with E-state index in [1.165, 1.54) is 11.3 Å². The maximum atomic E-state index is 6.06. The Morgan fingerprint density at radius 3 is 3.11 bits per heavy atom. The molecule has 0 aromatic carbocycles. The van der Waals surface area contributed by atoms with Gasteiger partial charge in [0.1, 0.15) is 0 Å². The maximum Gasteiger partial charge on any atom is 0.154 e. The Kier molecular flexibility index (Phi) is 3.26. The molecule has 1 aliphatic carbocycles. The molecule has 0 bridgehead atoms. The summed E-state index contributed by atoms with van der Waals surface area (Å²) in [5.74, 6) is 1.11. The number of nitrogens with zero attached hydrogens (tertiary/aromatic N) is 2. The molecular formula is C13H22N4O. The molecule has 2 heterocycles. The number of nitrogens with two attached hydrogens (primary N) is 1. The molecule has 5 heteroatoms. The Morgan fingerprint density at radius 2 is 2.33 bits per heavy atom. The average molecular weight is 250 g/mol. The largest absolute Gasteiger partial charge is 0.381 e. The van der Waals surface area contributed by atoms with Gasteiger partial charge >= 0.3 is 0 Å². The molecule has 2 unspecified atom stereocenters. The molecule has 2 atom stereocenters. The minimum atomic E-state index is 0.285. The number of aromatic amines is 1. The third-order valence-corrected chi connectivity index (χ3v) is 4.17. The first-order valence-corrected chi connectivity index (χ1v) is 6.87. The standard InChI is InChI=1S/C13H22N4O/c1-18-10-4-5-12-11(7-10)13(16-15-12)17-6-2-3-9(14)8-17/h9-10H,2-8,14H2,1H3,(H,15,16). The van der Waals surface area contributed by atoms with Crippen LogP contribution in [0.4, 0.5) is 5.82 Å². The Hall–Kier alpha value is -1.07. The summed E-state index contributed by atoms with van der Waals surface area (Å²) in [6.07, 6.45) is 5.74. The van der Waals surface area contributed by atoms with Crippen molar-refractivity contribution in [3.05, 3.63) is 11.3 Å². The number of fused-ring (bicyclic) bond motifs is 1. The van der Waals surface area contributed by atoms with Gasteiger partial charge in [-0.25, -0.2) is 0 Å². The van der Waals surface area contributed by atoms with Crippen LogP contribution in [0.5, 0.6) is 0 Å². The number of rotatable bonds is 2. The number of anilines is 1. The zero-order chi connectivity index (χ0) is 12.5. The molecule has 1 saturated heterocycles. The summed E-state index contributed by atoms with van der Waals surface area (Å²) >= 11 is 0. The highest BCUT2D eigenvalue weighted by Gasteiger charge is 2.27. The van der Waals surface area contributed by atoms with E-state index < -0.39 is 0 Å².